The van der Waals surface area contributed by atoms with Crippen LogP contribution in [0, 0.1) is 0 Å². The van der Waals surface area contributed by atoms with Crippen LogP contribution in [0.5, 0.6) is 0 Å². The number of fused-ring (bicyclic) bond motifs is 1. The number of hydrogen-bond acceptors (Lipinski definition) is 2. The standard InChI is InChI=1S/C17H26N2/c1-3-12-19(14-9-10-14)16-11-8-13-6-4-5-7-15(13)17(16)18-2/h4-7,14,16-18H,3,8-12H2,1-2H3. The van der Waals surface area contributed by atoms with Crippen LogP contribution in [0.4, 0.5) is 0 Å². The maximum absolute atomic E-state index is 3.59. The molecule has 0 amide bonds. The van der Waals surface area contributed by atoms with Crippen molar-refractivity contribution in [3.8, 4) is 0 Å². The topological polar surface area (TPSA) is 15.3 Å². The van der Waals surface area contributed by atoms with Crippen molar-refractivity contribution in [2.75, 3.05) is 13.6 Å². The molecule has 104 valence electrons. The number of aryl methyl sites for hydroxylation is 1. The molecule has 0 saturated heterocycles. The molecule has 1 aromatic carbocycles. The zero-order valence-electron chi connectivity index (χ0n) is 12.2. The van der Waals surface area contributed by atoms with Gasteiger partial charge in [-0.25, -0.2) is 0 Å². The lowest BCUT2D eigenvalue weighted by atomic mass is 9.83. The Hall–Kier alpha value is -0.860. The molecule has 2 heteroatoms. The van der Waals surface area contributed by atoms with E-state index in [2.05, 4.69) is 48.5 Å². The Bertz CT molecular complexity index is 425. The highest BCUT2D eigenvalue weighted by molar-refractivity contribution is 5.34. The van der Waals surface area contributed by atoms with Gasteiger partial charge in [0, 0.05) is 18.1 Å². The predicted octanol–water partition coefficient (Wildman–Crippen LogP) is 3.14. The van der Waals surface area contributed by atoms with Gasteiger partial charge < -0.3 is 5.32 Å². The van der Waals surface area contributed by atoms with Crippen molar-refractivity contribution in [2.45, 2.75) is 57.2 Å². The summed E-state index contributed by atoms with van der Waals surface area (Å²) >= 11 is 0. The smallest absolute Gasteiger partial charge is 0.0478 e. The van der Waals surface area contributed by atoms with Gasteiger partial charge in [-0.1, -0.05) is 31.2 Å². The summed E-state index contributed by atoms with van der Waals surface area (Å²) in [5, 5.41) is 3.59. The Morgan fingerprint density at radius 3 is 2.68 bits per heavy atom. The van der Waals surface area contributed by atoms with Crippen LogP contribution >= 0.6 is 0 Å². The lowest BCUT2D eigenvalue weighted by Gasteiger charge is -2.41. The highest BCUT2D eigenvalue weighted by Gasteiger charge is 2.39. The van der Waals surface area contributed by atoms with E-state index < -0.39 is 0 Å². The zero-order chi connectivity index (χ0) is 13.2. The largest absolute Gasteiger partial charge is 0.312 e. The van der Waals surface area contributed by atoms with Crippen molar-refractivity contribution in [3.63, 3.8) is 0 Å². The molecule has 0 aliphatic heterocycles. The molecule has 0 aromatic heterocycles. The van der Waals surface area contributed by atoms with Crippen LogP contribution in [0.1, 0.15) is 49.8 Å². The Labute approximate surface area is 117 Å². The van der Waals surface area contributed by atoms with E-state index in [1.807, 2.05) is 0 Å². The summed E-state index contributed by atoms with van der Waals surface area (Å²) in [6.07, 6.45) is 6.64. The Morgan fingerprint density at radius 1 is 1.21 bits per heavy atom. The van der Waals surface area contributed by atoms with Crippen molar-refractivity contribution in [1.29, 1.82) is 0 Å². The second kappa shape index (κ2) is 5.64. The van der Waals surface area contributed by atoms with Crippen LogP contribution < -0.4 is 5.32 Å². The third-order valence-corrected chi connectivity index (χ3v) is 4.72. The number of nitrogens with one attached hydrogen (secondary N) is 1. The first-order chi connectivity index (χ1) is 9.35. The first kappa shape index (κ1) is 13.1. The summed E-state index contributed by atoms with van der Waals surface area (Å²) in [5.41, 5.74) is 3.08. The second-order valence-corrected chi connectivity index (χ2v) is 6.04. The van der Waals surface area contributed by atoms with Gasteiger partial charge in [0.2, 0.25) is 0 Å². The van der Waals surface area contributed by atoms with Crippen molar-refractivity contribution >= 4 is 0 Å². The van der Waals surface area contributed by atoms with Crippen molar-refractivity contribution in [3.05, 3.63) is 35.4 Å². The van der Waals surface area contributed by atoms with E-state index in [4.69, 9.17) is 0 Å². The number of nitrogens with zero attached hydrogens (tertiary/aromatic N) is 1. The first-order valence-electron chi connectivity index (χ1n) is 7.86. The molecule has 2 unspecified atom stereocenters. The molecule has 1 saturated carbocycles. The van der Waals surface area contributed by atoms with Crippen LogP contribution in [-0.4, -0.2) is 30.6 Å². The second-order valence-electron chi connectivity index (χ2n) is 6.04. The average molecular weight is 258 g/mol. The molecule has 19 heavy (non-hydrogen) atoms. The summed E-state index contributed by atoms with van der Waals surface area (Å²) in [6, 6.07) is 11.1. The van der Waals surface area contributed by atoms with E-state index in [0.29, 0.717) is 12.1 Å². The van der Waals surface area contributed by atoms with E-state index in [9.17, 15) is 0 Å². The van der Waals surface area contributed by atoms with Crippen LogP contribution in [0.2, 0.25) is 0 Å². The molecule has 1 aromatic rings. The van der Waals surface area contributed by atoms with Crippen LogP contribution in [0.15, 0.2) is 24.3 Å². The molecule has 0 bridgehead atoms. The van der Waals surface area contributed by atoms with E-state index in [1.54, 1.807) is 5.56 Å². The van der Waals surface area contributed by atoms with Crippen molar-refractivity contribution in [1.82, 2.24) is 10.2 Å². The van der Waals surface area contributed by atoms with E-state index in [0.717, 1.165) is 6.04 Å². The third-order valence-electron chi connectivity index (χ3n) is 4.72. The van der Waals surface area contributed by atoms with Gasteiger partial charge in [0.25, 0.3) is 0 Å². The summed E-state index contributed by atoms with van der Waals surface area (Å²) < 4.78 is 0. The minimum Gasteiger partial charge on any atom is -0.312 e. The lowest BCUT2D eigenvalue weighted by molar-refractivity contribution is 0.134. The highest BCUT2D eigenvalue weighted by Crippen LogP contribution is 2.38. The minimum absolute atomic E-state index is 0.511. The molecule has 2 atom stereocenters. The normalized spacial score (nSPS) is 26.5. The summed E-state index contributed by atoms with van der Waals surface area (Å²) in [5.74, 6) is 0. The Kier molecular flexibility index (Phi) is 3.90. The number of hydrogen-bond donors (Lipinski definition) is 1. The molecule has 1 N–H and O–H groups in total. The molecular formula is C17H26N2. The van der Waals surface area contributed by atoms with Crippen LogP contribution in [0.3, 0.4) is 0 Å². The SMILES string of the molecule is CCCN(C1CC1)C1CCc2ccccc2C1NC. The van der Waals surface area contributed by atoms with Crippen molar-refractivity contribution in [2.24, 2.45) is 0 Å². The quantitative estimate of drug-likeness (QED) is 0.873. The number of benzene rings is 1. The van der Waals surface area contributed by atoms with E-state index in [-0.39, 0.29) is 0 Å². The van der Waals surface area contributed by atoms with Gasteiger partial charge in [0.1, 0.15) is 0 Å². The van der Waals surface area contributed by atoms with Gasteiger partial charge in [-0.05, 0) is 56.8 Å². The van der Waals surface area contributed by atoms with Crippen LogP contribution in [0.25, 0.3) is 0 Å². The fraction of sp³-hybridized carbons (Fsp3) is 0.647. The molecule has 0 radical (unpaired) electrons. The maximum atomic E-state index is 3.59. The monoisotopic (exact) mass is 258 g/mol. The maximum Gasteiger partial charge on any atom is 0.0478 e. The molecule has 2 aliphatic rings. The van der Waals surface area contributed by atoms with Gasteiger partial charge in [-0.15, -0.1) is 0 Å². The third kappa shape index (κ3) is 2.56. The Balaban J connectivity index is 1.86. The lowest BCUT2D eigenvalue weighted by Crippen LogP contribution is -2.47. The first-order valence-corrected chi connectivity index (χ1v) is 7.86. The van der Waals surface area contributed by atoms with Crippen LogP contribution in [-0.2, 0) is 6.42 Å². The van der Waals surface area contributed by atoms with Crippen molar-refractivity contribution < 1.29 is 0 Å². The Morgan fingerprint density at radius 2 is 2.00 bits per heavy atom. The van der Waals surface area contributed by atoms with Gasteiger partial charge in [-0.2, -0.15) is 0 Å². The van der Waals surface area contributed by atoms with Gasteiger partial charge in [0.05, 0.1) is 0 Å². The molecule has 3 rings (SSSR count). The predicted molar refractivity (Wildman–Crippen MR) is 80.4 cm³/mol. The zero-order valence-corrected chi connectivity index (χ0v) is 12.2. The summed E-state index contributed by atoms with van der Waals surface area (Å²) in [7, 11) is 2.12. The molecule has 0 heterocycles. The molecular weight excluding hydrogens is 232 g/mol. The molecule has 2 aliphatic carbocycles. The fourth-order valence-corrected chi connectivity index (χ4v) is 3.73. The average Bonchev–Trinajstić information content (AvgIpc) is 3.28. The van der Waals surface area contributed by atoms with Gasteiger partial charge >= 0.3 is 0 Å². The van der Waals surface area contributed by atoms with E-state index in [1.165, 1.54) is 44.2 Å². The number of rotatable bonds is 5. The molecule has 0 spiro atoms. The van der Waals surface area contributed by atoms with E-state index >= 15 is 0 Å². The molecule has 1 fully saturated rings. The fourth-order valence-electron chi connectivity index (χ4n) is 3.73. The summed E-state index contributed by atoms with van der Waals surface area (Å²) in [6.45, 7) is 3.57. The van der Waals surface area contributed by atoms with Gasteiger partial charge in [-0.3, -0.25) is 4.90 Å². The number of likely N-dealkylation sites (N-methyl/N-ethyl adjacent to an activating group) is 1. The minimum atomic E-state index is 0.511. The molecule has 2 nitrogen and oxygen atoms in total. The summed E-state index contributed by atoms with van der Waals surface area (Å²) in [4.78, 5) is 2.79. The van der Waals surface area contributed by atoms with Gasteiger partial charge in [0.15, 0.2) is 0 Å². The highest BCUT2D eigenvalue weighted by atomic mass is 15.2.